The van der Waals surface area contributed by atoms with E-state index < -0.39 is 0 Å². The first-order valence-corrected chi connectivity index (χ1v) is 7.76. The molecule has 1 aliphatic heterocycles. The number of carbonyl (C=O) groups is 1. The first kappa shape index (κ1) is 15.7. The van der Waals surface area contributed by atoms with Crippen LogP contribution < -0.4 is 10.6 Å². The largest absolute Gasteiger partial charge is 0.465 e. The highest BCUT2D eigenvalue weighted by molar-refractivity contribution is 5.99. The molecule has 0 aromatic heterocycles. The van der Waals surface area contributed by atoms with E-state index in [1.807, 2.05) is 6.07 Å². The molecule has 4 nitrogen and oxygen atoms in total. The number of nitrogen functional groups attached to an aromatic ring is 1. The number of hydrogen-bond acceptors (Lipinski definition) is 4. The Balaban J connectivity index is 2.27. The van der Waals surface area contributed by atoms with Crippen LogP contribution in [0.4, 0.5) is 11.4 Å². The van der Waals surface area contributed by atoms with Crippen LogP contribution in [0.5, 0.6) is 0 Å². The molecule has 21 heavy (non-hydrogen) atoms. The molecule has 1 aliphatic rings. The molecule has 116 valence electrons. The van der Waals surface area contributed by atoms with Crippen LogP contribution in [0, 0.1) is 11.8 Å². The Morgan fingerprint density at radius 2 is 2.10 bits per heavy atom. The van der Waals surface area contributed by atoms with Crippen LogP contribution in [-0.2, 0) is 4.74 Å². The van der Waals surface area contributed by atoms with Gasteiger partial charge in [0.2, 0.25) is 0 Å². The smallest absolute Gasteiger partial charge is 0.340 e. The molecule has 0 spiro atoms. The molecule has 1 atom stereocenters. The van der Waals surface area contributed by atoms with E-state index in [4.69, 9.17) is 10.5 Å². The summed E-state index contributed by atoms with van der Waals surface area (Å²) in [6.45, 7) is 6.47. The van der Waals surface area contributed by atoms with Gasteiger partial charge < -0.3 is 15.4 Å². The minimum atomic E-state index is -0.318. The van der Waals surface area contributed by atoms with Crippen LogP contribution in [0.2, 0.25) is 0 Å². The van der Waals surface area contributed by atoms with Crippen LogP contribution in [0.3, 0.4) is 0 Å². The summed E-state index contributed by atoms with van der Waals surface area (Å²) < 4.78 is 4.89. The van der Waals surface area contributed by atoms with Crippen molar-refractivity contribution < 1.29 is 9.53 Å². The fourth-order valence-corrected chi connectivity index (χ4v) is 3.20. The molecule has 0 bridgehead atoms. The van der Waals surface area contributed by atoms with Crippen molar-refractivity contribution in [3.63, 3.8) is 0 Å². The molecule has 1 unspecified atom stereocenters. The molecule has 1 saturated heterocycles. The van der Waals surface area contributed by atoms with Gasteiger partial charge in [-0.2, -0.15) is 0 Å². The number of para-hydroxylation sites is 1. The second kappa shape index (κ2) is 6.83. The summed E-state index contributed by atoms with van der Waals surface area (Å²) in [6, 6.07) is 5.45. The lowest BCUT2D eigenvalue weighted by Crippen LogP contribution is -2.27. The summed E-state index contributed by atoms with van der Waals surface area (Å²) in [5.41, 5.74) is 8.21. The van der Waals surface area contributed by atoms with Gasteiger partial charge in [0.15, 0.2) is 0 Å². The van der Waals surface area contributed by atoms with Gasteiger partial charge in [0.1, 0.15) is 0 Å². The molecule has 2 rings (SSSR count). The summed E-state index contributed by atoms with van der Waals surface area (Å²) in [4.78, 5) is 14.2. The molecule has 0 amide bonds. The van der Waals surface area contributed by atoms with Crippen molar-refractivity contribution in [2.75, 3.05) is 30.8 Å². The standard InChI is InChI=1S/C17H26N2O2/c1-12(2)13-6-5-10-19(11-9-13)16-14(17(20)21-3)7-4-8-15(16)18/h4,7-8,12-13H,5-6,9-11,18H2,1-3H3. The van der Waals surface area contributed by atoms with Gasteiger partial charge in [-0.1, -0.05) is 19.9 Å². The molecular formula is C17H26N2O2. The van der Waals surface area contributed by atoms with Crippen molar-refractivity contribution in [3.05, 3.63) is 23.8 Å². The molecular weight excluding hydrogens is 264 g/mol. The van der Waals surface area contributed by atoms with Crippen LogP contribution in [-0.4, -0.2) is 26.2 Å². The van der Waals surface area contributed by atoms with E-state index in [0.717, 1.165) is 37.5 Å². The predicted octanol–water partition coefficient (Wildman–Crippen LogP) is 3.32. The third kappa shape index (κ3) is 3.49. The van der Waals surface area contributed by atoms with Crippen LogP contribution in [0.15, 0.2) is 18.2 Å². The molecule has 0 aliphatic carbocycles. The number of anilines is 2. The number of nitrogens with two attached hydrogens (primary N) is 1. The monoisotopic (exact) mass is 290 g/mol. The summed E-state index contributed by atoms with van der Waals surface area (Å²) >= 11 is 0. The van der Waals surface area contributed by atoms with Crippen molar-refractivity contribution >= 4 is 17.3 Å². The molecule has 1 aromatic carbocycles. The van der Waals surface area contributed by atoms with E-state index in [0.29, 0.717) is 17.2 Å². The van der Waals surface area contributed by atoms with Crippen molar-refractivity contribution in [3.8, 4) is 0 Å². The van der Waals surface area contributed by atoms with Gasteiger partial charge in [-0.05, 0) is 43.2 Å². The lowest BCUT2D eigenvalue weighted by molar-refractivity contribution is 0.0601. The van der Waals surface area contributed by atoms with E-state index in [1.54, 1.807) is 12.1 Å². The van der Waals surface area contributed by atoms with Crippen LogP contribution in [0.25, 0.3) is 0 Å². The average Bonchev–Trinajstić information content (AvgIpc) is 2.72. The average molecular weight is 290 g/mol. The van der Waals surface area contributed by atoms with Crippen molar-refractivity contribution in [1.29, 1.82) is 0 Å². The van der Waals surface area contributed by atoms with E-state index in [2.05, 4.69) is 18.7 Å². The SMILES string of the molecule is COC(=O)c1cccc(N)c1N1CCCC(C(C)C)CC1. The fourth-order valence-electron chi connectivity index (χ4n) is 3.20. The first-order chi connectivity index (χ1) is 10.0. The van der Waals surface area contributed by atoms with Gasteiger partial charge in [0, 0.05) is 13.1 Å². The molecule has 1 aromatic rings. The fraction of sp³-hybridized carbons (Fsp3) is 0.588. The zero-order chi connectivity index (χ0) is 15.4. The zero-order valence-electron chi connectivity index (χ0n) is 13.3. The number of carbonyl (C=O) groups excluding carboxylic acids is 1. The second-order valence-corrected chi connectivity index (χ2v) is 6.16. The van der Waals surface area contributed by atoms with E-state index >= 15 is 0 Å². The van der Waals surface area contributed by atoms with Gasteiger partial charge in [-0.25, -0.2) is 4.79 Å². The topological polar surface area (TPSA) is 55.6 Å². The lowest BCUT2D eigenvalue weighted by atomic mass is 9.89. The van der Waals surface area contributed by atoms with E-state index in [1.165, 1.54) is 13.5 Å². The maximum absolute atomic E-state index is 12.0. The Morgan fingerprint density at radius 1 is 1.33 bits per heavy atom. The molecule has 0 radical (unpaired) electrons. The third-order valence-corrected chi connectivity index (χ3v) is 4.50. The molecule has 1 heterocycles. The molecule has 2 N–H and O–H groups in total. The third-order valence-electron chi connectivity index (χ3n) is 4.50. The highest BCUT2D eigenvalue weighted by Crippen LogP contribution is 2.33. The van der Waals surface area contributed by atoms with E-state index in [9.17, 15) is 4.79 Å². The quantitative estimate of drug-likeness (QED) is 0.685. The van der Waals surface area contributed by atoms with Crippen molar-refractivity contribution in [2.24, 2.45) is 11.8 Å². The number of benzene rings is 1. The molecule has 4 heteroatoms. The number of nitrogens with zero attached hydrogens (tertiary/aromatic N) is 1. The first-order valence-electron chi connectivity index (χ1n) is 7.76. The number of ether oxygens (including phenoxy) is 1. The van der Waals surface area contributed by atoms with Gasteiger partial charge in [0.25, 0.3) is 0 Å². The number of hydrogen-bond donors (Lipinski definition) is 1. The number of esters is 1. The molecule has 0 saturated carbocycles. The van der Waals surface area contributed by atoms with Crippen LogP contribution >= 0.6 is 0 Å². The highest BCUT2D eigenvalue weighted by atomic mass is 16.5. The van der Waals surface area contributed by atoms with Crippen molar-refractivity contribution in [2.45, 2.75) is 33.1 Å². The van der Waals surface area contributed by atoms with Gasteiger partial charge in [-0.3, -0.25) is 0 Å². The summed E-state index contributed by atoms with van der Waals surface area (Å²) in [5.74, 6) is 1.14. The van der Waals surface area contributed by atoms with Crippen LogP contribution in [0.1, 0.15) is 43.5 Å². The van der Waals surface area contributed by atoms with Crippen molar-refractivity contribution in [1.82, 2.24) is 0 Å². The minimum Gasteiger partial charge on any atom is -0.465 e. The Hall–Kier alpha value is -1.71. The molecule has 1 fully saturated rings. The summed E-state index contributed by atoms with van der Waals surface area (Å²) in [5, 5.41) is 0. The Bertz CT molecular complexity index is 500. The van der Waals surface area contributed by atoms with E-state index in [-0.39, 0.29) is 5.97 Å². The Morgan fingerprint density at radius 3 is 2.76 bits per heavy atom. The highest BCUT2D eigenvalue weighted by Gasteiger charge is 2.24. The van der Waals surface area contributed by atoms with Gasteiger partial charge in [0.05, 0.1) is 24.0 Å². The summed E-state index contributed by atoms with van der Waals surface area (Å²) in [6.07, 6.45) is 3.53. The number of methoxy groups -OCH3 is 1. The minimum absolute atomic E-state index is 0.318. The predicted molar refractivity (Wildman–Crippen MR) is 86.6 cm³/mol. The number of rotatable bonds is 3. The van der Waals surface area contributed by atoms with Gasteiger partial charge in [-0.15, -0.1) is 0 Å². The maximum Gasteiger partial charge on any atom is 0.340 e. The zero-order valence-corrected chi connectivity index (χ0v) is 13.3. The Kier molecular flexibility index (Phi) is 5.10. The van der Waals surface area contributed by atoms with Gasteiger partial charge >= 0.3 is 5.97 Å². The second-order valence-electron chi connectivity index (χ2n) is 6.16. The summed E-state index contributed by atoms with van der Waals surface area (Å²) in [7, 11) is 1.41. The normalized spacial score (nSPS) is 19.4. The Labute approximate surface area is 127 Å². The maximum atomic E-state index is 12.0. The lowest BCUT2D eigenvalue weighted by Gasteiger charge is -2.26.